The summed E-state index contributed by atoms with van der Waals surface area (Å²) in [6.07, 6.45) is 1.96. The van der Waals surface area contributed by atoms with Crippen LogP contribution in [0.25, 0.3) is 10.9 Å². The van der Waals surface area contributed by atoms with Crippen LogP contribution in [-0.2, 0) is 23.8 Å². The van der Waals surface area contributed by atoms with Crippen molar-refractivity contribution in [1.29, 1.82) is 0 Å². The van der Waals surface area contributed by atoms with E-state index in [-0.39, 0.29) is 35.3 Å². The molecule has 0 amide bonds. The van der Waals surface area contributed by atoms with Crippen molar-refractivity contribution in [2.75, 3.05) is 26.6 Å². The van der Waals surface area contributed by atoms with Crippen molar-refractivity contribution >= 4 is 40.2 Å². The highest BCUT2D eigenvalue weighted by Crippen LogP contribution is 2.42. The second kappa shape index (κ2) is 9.85. The number of nitro benzene ring substituents is 1. The number of pyridine rings is 1. The summed E-state index contributed by atoms with van der Waals surface area (Å²) in [4.78, 5) is 60.0. The predicted molar refractivity (Wildman–Crippen MR) is 115 cm³/mol. The third-order valence-corrected chi connectivity index (χ3v) is 5.44. The molecule has 2 aromatic rings. The van der Waals surface area contributed by atoms with E-state index < -0.39 is 51.5 Å². The minimum Gasteiger partial charge on any atom is -0.469 e. The van der Waals surface area contributed by atoms with Gasteiger partial charge in [-0.1, -0.05) is 0 Å². The van der Waals surface area contributed by atoms with Gasteiger partial charge in [0.15, 0.2) is 11.5 Å². The van der Waals surface area contributed by atoms with Crippen LogP contribution in [0.2, 0.25) is 0 Å². The van der Waals surface area contributed by atoms with Crippen molar-refractivity contribution in [3.8, 4) is 0 Å². The number of carbonyl (C=O) groups is 3. The Kier molecular flexibility index (Phi) is 7.13. The number of esters is 3. The number of nitro groups is 1. The van der Waals surface area contributed by atoms with Crippen LogP contribution in [0.1, 0.15) is 42.1 Å². The lowest BCUT2D eigenvalue weighted by molar-refractivity contribution is -0.382. The molecule has 0 radical (unpaired) electrons. The van der Waals surface area contributed by atoms with E-state index in [9.17, 15) is 29.3 Å². The van der Waals surface area contributed by atoms with Gasteiger partial charge in [-0.3, -0.25) is 19.7 Å². The van der Waals surface area contributed by atoms with Crippen LogP contribution in [0.4, 0.5) is 15.8 Å². The third kappa shape index (κ3) is 4.67. The summed E-state index contributed by atoms with van der Waals surface area (Å²) >= 11 is 0. The van der Waals surface area contributed by atoms with Gasteiger partial charge < -0.3 is 24.1 Å². The zero-order chi connectivity index (χ0) is 25.2. The molecular formula is C21H22FN3O9. The number of anilines is 1. The topological polar surface area (TPSA) is 156 Å². The van der Waals surface area contributed by atoms with Crippen molar-refractivity contribution in [1.82, 2.24) is 4.57 Å². The van der Waals surface area contributed by atoms with E-state index in [0.717, 1.165) is 33.6 Å². The fourth-order valence-corrected chi connectivity index (χ4v) is 3.61. The minimum absolute atomic E-state index is 0.203. The molecule has 1 heterocycles. The van der Waals surface area contributed by atoms with Crippen LogP contribution in [0.5, 0.6) is 0 Å². The molecule has 1 aromatic heterocycles. The number of ether oxygens (including phenoxy) is 3. The molecule has 12 nitrogen and oxygen atoms in total. The molecule has 3 rings (SSSR count). The number of hydrogen-bond donors (Lipinski definition) is 1. The molecule has 0 unspecified atom stereocenters. The Morgan fingerprint density at radius 2 is 1.91 bits per heavy atom. The zero-order valence-electron chi connectivity index (χ0n) is 18.6. The first-order chi connectivity index (χ1) is 16.1. The normalized spacial score (nSPS) is 13.8. The molecule has 0 saturated heterocycles. The van der Waals surface area contributed by atoms with Crippen LogP contribution in [-0.4, -0.2) is 54.8 Å². The summed E-state index contributed by atoms with van der Waals surface area (Å²) < 4.78 is 30.4. The fraction of sp³-hybridized carbons (Fsp3) is 0.429. The van der Waals surface area contributed by atoms with Gasteiger partial charge >= 0.3 is 23.6 Å². The van der Waals surface area contributed by atoms with Crippen molar-refractivity contribution in [2.24, 2.45) is 0 Å². The number of rotatable bonds is 9. The highest BCUT2D eigenvalue weighted by Gasteiger charge is 2.35. The van der Waals surface area contributed by atoms with Crippen molar-refractivity contribution in [2.45, 2.75) is 37.8 Å². The standard InChI is InChI=1S/C21H22FN3O9/c1-32-15(26)7-6-14(21(29)34-3)23-16-13(22)8-11-17(18(16)25(30)31)24(10-4-5-10)9-12(19(11)27)20(28)33-2/h8-10,14,23H,4-7H2,1-3H3/t14-/m0/s1. The lowest BCUT2D eigenvalue weighted by Crippen LogP contribution is -2.32. The Morgan fingerprint density at radius 3 is 2.44 bits per heavy atom. The lowest BCUT2D eigenvalue weighted by atomic mass is 10.1. The number of nitrogens with one attached hydrogen (secondary N) is 1. The molecule has 13 heteroatoms. The van der Waals surface area contributed by atoms with Crippen LogP contribution in [0.15, 0.2) is 17.1 Å². The molecule has 1 saturated carbocycles. The average molecular weight is 479 g/mol. The fourth-order valence-electron chi connectivity index (χ4n) is 3.61. The summed E-state index contributed by atoms with van der Waals surface area (Å²) in [5.74, 6) is -3.70. The maximum Gasteiger partial charge on any atom is 0.343 e. The van der Waals surface area contributed by atoms with Crippen molar-refractivity contribution in [3.63, 3.8) is 0 Å². The zero-order valence-corrected chi connectivity index (χ0v) is 18.6. The molecule has 182 valence electrons. The van der Waals surface area contributed by atoms with Crippen LogP contribution in [0.3, 0.4) is 0 Å². The Morgan fingerprint density at radius 1 is 1.24 bits per heavy atom. The van der Waals surface area contributed by atoms with E-state index in [2.05, 4.69) is 19.5 Å². The molecule has 1 aromatic carbocycles. The maximum absolute atomic E-state index is 15.2. The first-order valence-electron chi connectivity index (χ1n) is 10.2. The van der Waals surface area contributed by atoms with E-state index in [1.807, 2.05) is 0 Å². The van der Waals surface area contributed by atoms with E-state index in [4.69, 9.17) is 0 Å². The van der Waals surface area contributed by atoms with E-state index >= 15 is 4.39 Å². The molecular weight excluding hydrogens is 457 g/mol. The molecule has 1 aliphatic carbocycles. The maximum atomic E-state index is 15.2. The quantitative estimate of drug-likeness (QED) is 0.244. The smallest absolute Gasteiger partial charge is 0.343 e. The van der Waals surface area contributed by atoms with E-state index in [0.29, 0.717) is 12.8 Å². The highest BCUT2D eigenvalue weighted by molar-refractivity contribution is 5.99. The Labute approximate surface area is 191 Å². The summed E-state index contributed by atoms with van der Waals surface area (Å²) in [6, 6.07) is -0.808. The number of fused-ring (bicyclic) bond motifs is 1. The van der Waals surface area contributed by atoms with Gasteiger partial charge in [-0.25, -0.2) is 14.0 Å². The summed E-state index contributed by atoms with van der Waals surface area (Å²) in [6.45, 7) is 0. The molecule has 0 spiro atoms. The van der Waals surface area contributed by atoms with Gasteiger partial charge in [-0.2, -0.15) is 0 Å². The second-order valence-corrected chi connectivity index (χ2v) is 7.57. The largest absolute Gasteiger partial charge is 0.469 e. The first kappa shape index (κ1) is 24.6. The lowest BCUT2D eigenvalue weighted by Gasteiger charge is -2.19. The summed E-state index contributed by atoms with van der Waals surface area (Å²) in [7, 11) is 3.29. The van der Waals surface area contributed by atoms with Crippen molar-refractivity contribution in [3.05, 3.63) is 44.0 Å². The number of nitrogens with zero attached hydrogens (tertiary/aromatic N) is 2. The van der Waals surface area contributed by atoms with Gasteiger partial charge in [0.25, 0.3) is 0 Å². The van der Waals surface area contributed by atoms with Crippen LogP contribution < -0.4 is 10.7 Å². The second-order valence-electron chi connectivity index (χ2n) is 7.57. The van der Waals surface area contributed by atoms with Gasteiger partial charge in [0.1, 0.15) is 17.1 Å². The number of halogens is 1. The van der Waals surface area contributed by atoms with Crippen LogP contribution >= 0.6 is 0 Å². The Hall–Kier alpha value is -4.03. The van der Waals surface area contributed by atoms with Gasteiger partial charge in [-0.15, -0.1) is 0 Å². The highest BCUT2D eigenvalue weighted by atomic mass is 19.1. The molecule has 34 heavy (non-hydrogen) atoms. The molecule has 1 N–H and O–H groups in total. The Bertz CT molecular complexity index is 1240. The van der Waals surface area contributed by atoms with Gasteiger partial charge in [0, 0.05) is 18.7 Å². The number of methoxy groups -OCH3 is 3. The average Bonchev–Trinajstić information content (AvgIpc) is 3.66. The molecule has 0 aliphatic heterocycles. The Balaban J connectivity index is 2.25. The minimum atomic E-state index is -1.33. The van der Waals surface area contributed by atoms with Gasteiger partial charge in [0.05, 0.1) is 31.6 Å². The molecule has 0 bridgehead atoms. The van der Waals surface area contributed by atoms with E-state index in [1.165, 1.54) is 4.57 Å². The SMILES string of the molecule is COC(=O)CC[C@H](Nc1c(F)cc2c(=O)c(C(=O)OC)cn(C3CC3)c2c1[N+](=O)[O-])C(=O)OC. The van der Waals surface area contributed by atoms with Crippen molar-refractivity contribution < 1.29 is 37.9 Å². The number of carbonyl (C=O) groups excluding carboxylic acids is 3. The molecule has 1 fully saturated rings. The first-order valence-corrected chi connectivity index (χ1v) is 10.2. The summed E-state index contributed by atoms with van der Waals surface area (Å²) in [5, 5.41) is 14.2. The van der Waals surface area contributed by atoms with E-state index in [1.54, 1.807) is 0 Å². The molecule has 1 atom stereocenters. The molecule has 1 aliphatic rings. The summed E-state index contributed by atoms with van der Waals surface area (Å²) in [5.41, 5.74) is -2.96. The van der Waals surface area contributed by atoms with Crippen LogP contribution in [0, 0.1) is 15.9 Å². The van der Waals surface area contributed by atoms with Gasteiger partial charge in [0.2, 0.25) is 5.43 Å². The number of aromatic nitrogens is 1. The third-order valence-electron chi connectivity index (χ3n) is 5.44. The number of benzene rings is 1. The predicted octanol–water partition coefficient (Wildman–Crippen LogP) is 2.08. The number of hydrogen-bond acceptors (Lipinski definition) is 10. The monoisotopic (exact) mass is 479 g/mol. The van der Waals surface area contributed by atoms with Gasteiger partial charge in [-0.05, 0) is 25.3 Å².